The van der Waals surface area contributed by atoms with Gasteiger partial charge in [-0.3, -0.25) is 24.0 Å². The number of halogens is 4. The number of pyridine rings is 2. The average Bonchev–Trinajstić information content (AvgIpc) is 3.61. The van der Waals surface area contributed by atoms with Crippen LogP contribution in [0.15, 0.2) is 71.1 Å². The predicted octanol–water partition coefficient (Wildman–Crippen LogP) is 7.97. The SMILES string of the molecule is Cc1nc2cnc(N(C)C3CCN(C4CC(F)(F)C4)CC3)c(C#N)c2c(=O)n1CCOc1ccc(Cl)cc1-c1ccnc2c(CC(=O)Oc3ccc(F)cc3)csc12. The first-order valence-electron chi connectivity index (χ1n) is 18.8. The zero-order chi connectivity index (χ0) is 40.7. The van der Waals surface area contributed by atoms with Gasteiger partial charge in [-0.05, 0) is 73.7 Å². The van der Waals surface area contributed by atoms with Crippen LogP contribution in [0, 0.1) is 24.1 Å². The van der Waals surface area contributed by atoms with Crippen molar-refractivity contribution in [2.45, 2.75) is 63.6 Å². The number of carbonyl (C=O) groups excluding carboxylic acids is 1. The zero-order valence-corrected chi connectivity index (χ0v) is 33.1. The molecule has 11 nitrogen and oxygen atoms in total. The average molecular weight is 828 g/mol. The fourth-order valence-electron chi connectivity index (χ4n) is 7.88. The molecule has 6 aromatic rings. The third-order valence-corrected chi connectivity index (χ3v) is 12.2. The zero-order valence-electron chi connectivity index (χ0n) is 31.6. The number of anilines is 1. The van der Waals surface area contributed by atoms with Crippen LogP contribution in [-0.2, 0) is 17.8 Å². The number of piperidine rings is 1. The summed E-state index contributed by atoms with van der Waals surface area (Å²) in [6.45, 7) is 3.25. The summed E-state index contributed by atoms with van der Waals surface area (Å²) in [6, 6.07) is 14.4. The summed E-state index contributed by atoms with van der Waals surface area (Å²) in [6.07, 6.45) is 4.34. The Bertz CT molecular complexity index is 2630. The van der Waals surface area contributed by atoms with Crippen LogP contribution in [0.2, 0.25) is 5.02 Å². The number of likely N-dealkylation sites (tertiary alicyclic amines) is 1. The summed E-state index contributed by atoms with van der Waals surface area (Å²) in [4.78, 5) is 44.7. The highest BCUT2D eigenvalue weighted by molar-refractivity contribution is 7.18. The van der Waals surface area contributed by atoms with Gasteiger partial charge in [0.25, 0.3) is 11.5 Å². The van der Waals surface area contributed by atoms with Crippen molar-refractivity contribution in [1.29, 1.82) is 5.26 Å². The summed E-state index contributed by atoms with van der Waals surface area (Å²) < 4.78 is 54.3. The minimum Gasteiger partial charge on any atom is -0.491 e. The number of hydrogen-bond acceptors (Lipinski definition) is 11. The Hall–Kier alpha value is -5.56. The van der Waals surface area contributed by atoms with Crippen LogP contribution in [0.4, 0.5) is 19.0 Å². The molecule has 0 N–H and O–H groups in total. The van der Waals surface area contributed by atoms with Crippen LogP contribution in [0.1, 0.15) is 42.6 Å². The minimum atomic E-state index is -2.57. The van der Waals surface area contributed by atoms with Gasteiger partial charge in [-0.2, -0.15) is 5.26 Å². The molecular formula is C42H37ClF3N7O4S. The number of benzene rings is 2. The number of carbonyl (C=O) groups is 1. The molecule has 5 heterocycles. The highest BCUT2D eigenvalue weighted by atomic mass is 35.5. The van der Waals surface area contributed by atoms with Crippen LogP contribution in [0.25, 0.3) is 32.2 Å². The number of aryl methyl sites for hydroxylation is 1. The molecule has 0 amide bonds. The Kier molecular flexibility index (Phi) is 10.8. The lowest BCUT2D eigenvalue weighted by atomic mass is 9.85. The monoisotopic (exact) mass is 827 g/mol. The Balaban J connectivity index is 0.996. The highest BCUT2D eigenvalue weighted by Crippen LogP contribution is 2.42. The Morgan fingerprint density at radius 3 is 2.59 bits per heavy atom. The van der Waals surface area contributed by atoms with Crippen LogP contribution in [-0.4, -0.2) is 75.1 Å². The molecule has 0 radical (unpaired) electrons. The van der Waals surface area contributed by atoms with Crippen molar-refractivity contribution in [2.75, 3.05) is 31.6 Å². The topological polar surface area (TPSA) is 126 Å². The van der Waals surface area contributed by atoms with Gasteiger partial charge in [0.1, 0.15) is 47.2 Å². The number of thiophene rings is 1. The van der Waals surface area contributed by atoms with Crippen molar-refractivity contribution in [1.82, 2.24) is 24.4 Å². The highest BCUT2D eigenvalue weighted by Gasteiger charge is 2.48. The lowest BCUT2D eigenvalue weighted by Crippen LogP contribution is -2.55. The molecule has 1 aliphatic heterocycles. The third kappa shape index (κ3) is 7.84. The lowest BCUT2D eigenvalue weighted by Gasteiger charge is -2.46. The number of nitrogens with zero attached hydrogens (tertiary/aromatic N) is 7. The van der Waals surface area contributed by atoms with Crippen molar-refractivity contribution in [3.63, 3.8) is 0 Å². The molecule has 2 aliphatic rings. The summed E-state index contributed by atoms with van der Waals surface area (Å²) >= 11 is 7.90. The molecule has 8 rings (SSSR count). The molecule has 0 spiro atoms. The summed E-state index contributed by atoms with van der Waals surface area (Å²) in [5.74, 6) is -1.97. The molecule has 4 aromatic heterocycles. The first-order valence-corrected chi connectivity index (χ1v) is 20.0. The molecule has 2 fully saturated rings. The van der Waals surface area contributed by atoms with Gasteiger partial charge in [-0.25, -0.2) is 23.1 Å². The predicted molar refractivity (Wildman–Crippen MR) is 216 cm³/mol. The van der Waals surface area contributed by atoms with E-state index in [1.54, 1.807) is 31.3 Å². The number of ether oxygens (including phenoxy) is 2. The van der Waals surface area contributed by atoms with Crippen LogP contribution < -0.4 is 19.9 Å². The van der Waals surface area contributed by atoms with Gasteiger partial charge in [0, 0.05) is 73.0 Å². The van der Waals surface area contributed by atoms with Crippen LogP contribution in [0.3, 0.4) is 0 Å². The number of fused-ring (bicyclic) bond motifs is 2. The van der Waals surface area contributed by atoms with E-state index in [9.17, 15) is 28.0 Å². The summed E-state index contributed by atoms with van der Waals surface area (Å²) in [5, 5.41) is 12.9. The number of alkyl halides is 2. The van der Waals surface area contributed by atoms with E-state index >= 15 is 0 Å². The van der Waals surface area contributed by atoms with E-state index in [0.717, 1.165) is 23.1 Å². The second-order valence-electron chi connectivity index (χ2n) is 14.6. The van der Waals surface area contributed by atoms with Gasteiger partial charge in [0.2, 0.25) is 0 Å². The molecule has 1 saturated heterocycles. The first kappa shape index (κ1) is 39.3. The molecule has 1 saturated carbocycles. The quantitative estimate of drug-likeness (QED) is 0.0938. The van der Waals surface area contributed by atoms with Crippen molar-refractivity contribution in [3.05, 3.63) is 104 Å². The van der Waals surface area contributed by atoms with E-state index in [2.05, 4.69) is 25.9 Å². The van der Waals surface area contributed by atoms with Crippen molar-refractivity contribution < 1.29 is 27.4 Å². The van der Waals surface area contributed by atoms with E-state index < -0.39 is 23.3 Å². The van der Waals surface area contributed by atoms with E-state index in [0.29, 0.717) is 57.7 Å². The molecule has 298 valence electrons. The fourth-order valence-corrected chi connectivity index (χ4v) is 9.10. The van der Waals surface area contributed by atoms with Crippen molar-refractivity contribution >= 4 is 55.8 Å². The van der Waals surface area contributed by atoms with Gasteiger partial charge < -0.3 is 14.4 Å². The largest absolute Gasteiger partial charge is 0.491 e. The summed E-state index contributed by atoms with van der Waals surface area (Å²) in [5.41, 5.74) is 2.81. The van der Waals surface area contributed by atoms with E-state index in [4.69, 9.17) is 21.1 Å². The number of hydrogen-bond donors (Lipinski definition) is 0. The molecule has 16 heteroatoms. The van der Waals surface area contributed by atoms with Gasteiger partial charge in [0.15, 0.2) is 0 Å². The van der Waals surface area contributed by atoms with Crippen LogP contribution >= 0.6 is 22.9 Å². The number of aromatic nitrogens is 4. The Morgan fingerprint density at radius 2 is 1.86 bits per heavy atom. The molecule has 1 aliphatic carbocycles. The lowest BCUT2D eigenvalue weighted by molar-refractivity contribution is -0.133. The van der Waals surface area contributed by atoms with Gasteiger partial charge in [-0.1, -0.05) is 11.6 Å². The van der Waals surface area contributed by atoms with Gasteiger partial charge >= 0.3 is 5.97 Å². The molecule has 0 atom stereocenters. The van der Waals surface area contributed by atoms with Gasteiger partial charge in [0.05, 0.1) is 40.3 Å². The molecule has 2 aromatic carbocycles. The smallest absolute Gasteiger partial charge is 0.315 e. The number of nitriles is 1. The normalized spacial score (nSPS) is 15.9. The van der Waals surface area contributed by atoms with Crippen LogP contribution in [0.5, 0.6) is 11.5 Å². The second kappa shape index (κ2) is 16.0. The molecule has 0 bridgehead atoms. The van der Waals surface area contributed by atoms with E-state index in [-0.39, 0.29) is 61.2 Å². The van der Waals surface area contributed by atoms with Crippen molar-refractivity contribution in [2.24, 2.45) is 0 Å². The molecule has 0 unspecified atom stereocenters. The van der Waals surface area contributed by atoms with E-state index in [1.807, 2.05) is 23.4 Å². The molecular weight excluding hydrogens is 791 g/mol. The third-order valence-electron chi connectivity index (χ3n) is 11.0. The minimum absolute atomic E-state index is 0.0169. The first-order chi connectivity index (χ1) is 27.9. The second-order valence-corrected chi connectivity index (χ2v) is 15.9. The Morgan fingerprint density at radius 1 is 1.10 bits per heavy atom. The number of rotatable bonds is 11. The van der Waals surface area contributed by atoms with Crippen molar-refractivity contribution in [3.8, 4) is 28.7 Å². The maximum atomic E-state index is 14.1. The van der Waals surface area contributed by atoms with E-state index in [1.165, 1.54) is 46.4 Å². The standard InChI is InChI=1S/C42H37ClF3N7O4S/c1-24-50-34-22-49-40(51(2)28-10-13-52(14-11-28)29-19-42(45,46)20-29)33(21-47)37(34)41(55)53(24)15-16-56-35-8-3-26(43)18-32(35)31-9-12-48-38-25(23-58-39(31)38)17-36(54)57-30-6-4-27(44)5-7-30/h3-9,12,18,22-23,28-29H,10-11,13-17,19-20H2,1-2H3. The maximum Gasteiger partial charge on any atom is 0.315 e. The molecule has 58 heavy (non-hydrogen) atoms. The summed E-state index contributed by atoms with van der Waals surface area (Å²) in [7, 11) is 1.85. The maximum absolute atomic E-state index is 14.1. The number of esters is 1. The fraction of sp³-hybridized carbons (Fsp3) is 0.333. The van der Waals surface area contributed by atoms with Gasteiger partial charge in [-0.15, -0.1) is 11.3 Å². The Labute approximate surface area is 340 Å².